The van der Waals surface area contributed by atoms with Gasteiger partial charge in [-0.1, -0.05) is 6.07 Å². The summed E-state index contributed by atoms with van der Waals surface area (Å²) in [7, 11) is -3.81. The number of ether oxygens (including phenoxy) is 2. The number of anilines is 1. The van der Waals surface area contributed by atoms with Gasteiger partial charge < -0.3 is 20.5 Å². The molecule has 3 rings (SSSR count). The maximum Gasteiger partial charge on any atom is 0.286 e. The highest BCUT2D eigenvalue weighted by molar-refractivity contribution is 8.18. The quantitative estimate of drug-likeness (QED) is 0.484. The first-order valence-corrected chi connectivity index (χ1v) is 11.6. The smallest absolute Gasteiger partial charge is 0.286 e. The zero-order chi connectivity index (χ0) is 23.3. The lowest BCUT2D eigenvalue weighted by Gasteiger charge is -2.13. The van der Waals surface area contributed by atoms with Crippen LogP contribution in [0, 0.1) is 0 Å². The minimum absolute atomic E-state index is 0.0601. The molecule has 168 valence electrons. The molecule has 0 fully saturated rings. The van der Waals surface area contributed by atoms with Crippen molar-refractivity contribution in [3.8, 4) is 11.5 Å². The fourth-order valence-corrected chi connectivity index (χ4v) is 3.84. The van der Waals surface area contributed by atoms with Crippen molar-refractivity contribution < 1.29 is 27.5 Å². The molecule has 10 nitrogen and oxygen atoms in total. The molecule has 2 aromatic carbocycles. The third-order valence-corrected chi connectivity index (χ3v) is 5.77. The van der Waals surface area contributed by atoms with Crippen molar-refractivity contribution in [3.05, 3.63) is 52.9 Å². The number of nitrogens with two attached hydrogens (primary N) is 2. The molecule has 1 heterocycles. The topological polar surface area (TPSA) is 163 Å². The fraction of sp³-hybridized carbons (Fsp3) is 0.150. The zero-order valence-electron chi connectivity index (χ0n) is 16.9. The molecule has 1 aliphatic heterocycles. The largest absolute Gasteiger partial charge is 0.490 e. The number of aliphatic imine (C=N–C) groups is 1. The van der Waals surface area contributed by atoms with Gasteiger partial charge in [-0.3, -0.25) is 9.59 Å². The van der Waals surface area contributed by atoms with Crippen molar-refractivity contribution in [2.24, 2.45) is 15.9 Å². The Labute approximate surface area is 188 Å². The second kappa shape index (κ2) is 9.85. The average molecular weight is 477 g/mol. The first-order chi connectivity index (χ1) is 15.2. The van der Waals surface area contributed by atoms with Crippen LogP contribution in [0.25, 0.3) is 6.08 Å². The maximum absolute atomic E-state index is 12.2. The van der Waals surface area contributed by atoms with Crippen molar-refractivity contribution in [2.45, 2.75) is 11.8 Å². The van der Waals surface area contributed by atoms with E-state index in [1.54, 1.807) is 31.2 Å². The van der Waals surface area contributed by atoms with Crippen LogP contribution in [0.4, 0.5) is 5.69 Å². The first-order valence-electron chi connectivity index (χ1n) is 9.26. The van der Waals surface area contributed by atoms with E-state index in [-0.39, 0.29) is 16.7 Å². The highest BCUT2D eigenvalue weighted by atomic mass is 32.2. The van der Waals surface area contributed by atoms with Gasteiger partial charge in [0.05, 0.1) is 16.4 Å². The van der Waals surface area contributed by atoms with Crippen LogP contribution in [0.1, 0.15) is 12.5 Å². The summed E-state index contributed by atoms with van der Waals surface area (Å²) in [5, 5.41) is 7.84. The van der Waals surface area contributed by atoms with E-state index < -0.39 is 21.8 Å². The van der Waals surface area contributed by atoms with Crippen LogP contribution in [-0.4, -0.2) is 38.6 Å². The summed E-state index contributed by atoms with van der Waals surface area (Å²) in [5.74, 6) is -0.117. The normalized spacial score (nSPS) is 14.9. The number of primary sulfonamides is 1. The Hall–Kier alpha value is -3.35. The van der Waals surface area contributed by atoms with E-state index in [2.05, 4.69) is 10.3 Å². The monoisotopic (exact) mass is 476 g/mol. The molecule has 0 spiro atoms. The van der Waals surface area contributed by atoms with Gasteiger partial charge in [-0.2, -0.15) is 4.99 Å². The van der Waals surface area contributed by atoms with Crippen molar-refractivity contribution in [1.29, 1.82) is 0 Å². The van der Waals surface area contributed by atoms with E-state index in [1.165, 1.54) is 24.3 Å². The van der Waals surface area contributed by atoms with Crippen LogP contribution in [0.3, 0.4) is 0 Å². The highest BCUT2D eigenvalue weighted by Gasteiger charge is 2.20. The molecule has 0 unspecified atom stereocenters. The second-order valence-corrected chi connectivity index (χ2v) is 9.03. The summed E-state index contributed by atoms with van der Waals surface area (Å²) < 4.78 is 33.7. The van der Waals surface area contributed by atoms with E-state index in [9.17, 15) is 18.0 Å². The van der Waals surface area contributed by atoms with E-state index in [1.807, 2.05) is 0 Å². The van der Waals surface area contributed by atoms with Crippen LogP contribution in [0.5, 0.6) is 11.5 Å². The average Bonchev–Trinajstić information content (AvgIpc) is 3.04. The van der Waals surface area contributed by atoms with Gasteiger partial charge in [-0.05, 0) is 66.7 Å². The summed E-state index contributed by atoms with van der Waals surface area (Å²) in [5.41, 5.74) is 6.63. The van der Waals surface area contributed by atoms with Crippen LogP contribution in [-0.2, 0) is 19.6 Å². The molecule has 32 heavy (non-hydrogen) atoms. The van der Waals surface area contributed by atoms with E-state index in [0.29, 0.717) is 34.3 Å². The SMILES string of the molecule is CCOc1cc(/C=C2\SC(N)=NC2=O)ccc1OCC(=O)Nc1ccc(S(N)(=O)=O)cc1. The Morgan fingerprint density at radius 2 is 1.88 bits per heavy atom. The van der Waals surface area contributed by atoms with Crippen molar-refractivity contribution in [2.75, 3.05) is 18.5 Å². The lowest BCUT2D eigenvalue weighted by molar-refractivity contribution is -0.118. The number of thioether (sulfide) groups is 1. The van der Waals surface area contributed by atoms with Gasteiger partial charge in [0.25, 0.3) is 11.8 Å². The molecular formula is C20H20N4O6S2. The number of sulfonamides is 1. The van der Waals surface area contributed by atoms with Gasteiger partial charge >= 0.3 is 0 Å². The second-order valence-electron chi connectivity index (χ2n) is 6.41. The van der Waals surface area contributed by atoms with Crippen molar-refractivity contribution in [1.82, 2.24) is 0 Å². The Bertz CT molecular complexity index is 1210. The zero-order valence-corrected chi connectivity index (χ0v) is 18.5. The molecular weight excluding hydrogens is 456 g/mol. The van der Waals surface area contributed by atoms with Crippen LogP contribution in [0.2, 0.25) is 0 Å². The van der Waals surface area contributed by atoms with Crippen molar-refractivity contribution >= 4 is 50.5 Å². The number of rotatable bonds is 8. The van der Waals surface area contributed by atoms with Crippen molar-refractivity contribution in [3.63, 3.8) is 0 Å². The third-order valence-electron chi connectivity index (χ3n) is 4.03. The number of carbonyl (C=O) groups is 2. The highest BCUT2D eigenvalue weighted by Crippen LogP contribution is 2.32. The molecule has 0 aromatic heterocycles. The number of nitrogens with zero attached hydrogens (tertiary/aromatic N) is 1. The Morgan fingerprint density at radius 3 is 2.47 bits per heavy atom. The summed E-state index contributed by atoms with van der Waals surface area (Å²) in [6.45, 7) is 1.86. The molecule has 0 saturated carbocycles. The third kappa shape index (κ3) is 6.09. The molecule has 0 bridgehead atoms. The van der Waals surface area contributed by atoms with E-state index in [4.69, 9.17) is 20.3 Å². The predicted molar refractivity (Wildman–Crippen MR) is 122 cm³/mol. The first kappa shape index (κ1) is 23.3. The number of carbonyl (C=O) groups excluding carboxylic acids is 2. The Morgan fingerprint density at radius 1 is 1.16 bits per heavy atom. The molecule has 2 aromatic rings. The van der Waals surface area contributed by atoms with Crippen LogP contribution >= 0.6 is 11.8 Å². The number of amidine groups is 1. The molecule has 0 radical (unpaired) electrons. The Kier molecular flexibility index (Phi) is 7.18. The molecule has 0 aliphatic carbocycles. The Balaban J connectivity index is 1.65. The molecule has 12 heteroatoms. The predicted octanol–water partition coefficient (Wildman–Crippen LogP) is 1.68. The van der Waals surface area contributed by atoms with E-state index >= 15 is 0 Å². The van der Waals surface area contributed by atoms with Gasteiger partial charge in [0.2, 0.25) is 10.0 Å². The number of amides is 2. The summed E-state index contributed by atoms with van der Waals surface area (Å²) >= 11 is 1.08. The maximum atomic E-state index is 12.2. The summed E-state index contributed by atoms with van der Waals surface area (Å²) in [6.07, 6.45) is 1.64. The number of hydrogen-bond acceptors (Lipinski definition) is 8. The summed E-state index contributed by atoms with van der Waals surface area (Å²) in [6, 6.07) is 10.4. The minimum Gasteiger partial charge on any atom is -0.490 e. The molecule has 1 aliphatic rings. The van der Waals surface area contributed by atoms with Gasteiger partial charge in [-0.15, -0.1) is 0 Å². The molecule has 0 atom stereocenters. The number of hydrogen-bond donors (Lipinski definition) is 3. The van der Waals surface area contributed by atoms with Crippen LogP contribution in [0.15, 0.2) is 57.3 Å². The molecule has 0 saturated heterocycles. The molecule has 2 amide bonds. The van der Waals surface area contributed by atoms with Crippen LogP contribution < -0.4 is 25.7 Å². The van der Waals surface area contributed by atoms with Gasteiger partial charge in [0.15, 0.2) is 23.3 Å². The van der Waals surface area contributed by atoms with Gasteiger partial charge in [-0.25, -0.2) is 13.6 Å². The fourth-order valence-electron chi connectivity index (χ4n) is 2.65. The summed E-state index contributed by atoms with van der Waals surface area (Å²) in [4.78, 5) is 28.0. The lowest BCUT2D eigenvalue weighted by atomic mass is 10.2. The number of benzene rings is 2. The minimum atomic E-state index is -3.81. The lowest BCUT2D eigenvalue weighted by Crippen LogP contribution is -2.20. The van der Waals surface area contributed by atoms with Gasteiger partial charge in [0.1, 0.15) is 0 Å². The van der Waals surface area contributed by atoms with E-state index in [0.717, 1.165) is 11.8 Å². The standard InChI is InChI=1S/C20H20N4O6S2/c1-2-29-16-9-12(10-17-19(26)24-20(21)31-17)3-8-15(16)30-11-18(25)23-13-4-6-14(7-5-13)32(22,27)28/h3-10H,2,11H2,1H3,(H,23,25)(H2,21,24,26)(H2,22,27,28)/b17-10-. The van der Waals surface area contributed by atoms with Gasteiger partial charge in [0, 0.05) is 5.69 Å². The number of nitrogens with one attached hydrogen (secondary N) is 1. The molecule has 5 N–H and O–H groups in total.